The van der Waals surface area contributed by atoms with E-state index in [1.807, 2.05) is 72.8 Å². The molecule has 3 rings (SSSR count). The summed E-state index contributed by atoms with van der Waals surface area (Å²) in [6.07, 6.45) is 0. The summed E-state index contributed by atoms with van der Waals surface area (Å²) in [6.45, 7) is 0. The predicted molar refractivity (Wildman–Crippen MR) is 109 cm³/mol. The Kier molecular flexibility index (Phi) is 6.34. The maximum atomic E-state index is 13.0. The molecule has 0 aliphatic rings. The normalized spacial score (nSPS) is 11.6. The van der Waals surface area contributed by atoms with Gasteiger partial charge in [0.1, 0.15) is 11.0 Å². The molecule has 3 aromatic carbocycles. The Morgan fingerprint density at radius 2 is 1.65 bits per heavy atom. The van der Waals surface area contributed by atoms with Crippen molar-refractivity contribution >= 4 is 23.4 Å². The van der Waals surface area contributed by atoms with Gasteiger partial charge in [0.25, 0.3) is 0 Å². The van der Waals surface area contributed by atoms with Gasteiger partial charge in [0.2, 0.25) is 5.91 Å². The van der Waals surface area contributed by atoms with Gasteiger partial charge in [-0.25, -0.2) is 0 Å². The van der Waals surface area contributed by atoms with Crippen LogP contribution in [-0.2, 0) is 10.5 Å². The van der Waals surface area contributed by atoms with Crippen LogP contribution in [0.4, 0.5) is 5.69 Å². The fourth-order valence-electron chi connectivity index (χ4n) is 2.61. The maximum Gasteiger partial charge on any atom is 0.242 e. The molecule has 4 heteroatoms. The second kappa shape index (κ2) is 9.11. The molecule has 26 heavy (non-hydrogen) atoms. The molecule has 0 aliphatic heterocycles. The van der Waals surface area contributed by atoms with Gasteiger partial charge < -0.3 is 10.1 Å². The number of carbonyl (C=O) groups is 1. The van der Waals surface area contributed by atoms with Crippen molar-refractivity contribution in [2.75, 3.05) is 12.4 Å². The summed E-state index contributed by atoms with van der Waals surface area (Å²) in [4.78, 5) is 13.0. The molecule has 1 amide bonds. The van der Waals surface area contributed by atoms with Gasteiger partial charge in [-0.2, -0.15) is 0 Å². The van der Waals surface area contributed by atoms with E-state index in [2.05, 4.69) is 17.4 Å². The van der Waals surface area contributed by atoms with Gasteiger partial charge in [0.05, 0.1) is 7.11 Å². The first kappa shape index (κ1) is 18.1. The van der Waals surface area contributed by atoms with Crippen LogP contribution in [0.3, 0.4) is 0 Å². The Hall–Kier alpha value is -2.72. The van der Waals surface area contributed by atoms with E-state index in [1.165, 1.54) is 5.56 Å². The number of nitrogens with one attached hydrogen (secondary N) is 1. The molecule has 0 aromatic heterocycles. The molecule has 0 saturated heterocycles. The number of anilines is 1. The Balaban J connectivity index is 1.76. The van der Waals surface area contributed by atoms with E-state index in [0.717, 1.165) is 22.8 Å². The predicted octanol–water partition coefficient (Wildman–Crippen LogP) is 5.31. The summed E-state index contributed by atoms with van der Waals surface area (Å²) < 4.78 is 5.23. The second-order valence-electron chi connectivity index (χ2n) is 5.81. The van der Waals surface area contributed by atoms with Crippen LogP contribution in [0.1, 0.15) is 16.4 Å². The molecule has 3 nitrogen and oxygen atoms in total. The highest BCUT2D eigenvalue weighted by Crippen LogP contribution is 2.33. The van der Waals surface area contributed by atoms with Gasteiger partial charge in [-0.05, 0) is 23.3 Å². The van der Waals surface area contributed by atoms with Gasteiger partial charge in [0.15, 0.2) is 0 Å². The smallest absolute Gasteiger partial charge is 0.242 e. The lowest BCUT2D eigenvalue weighted by Crippen LogP contribution is -2.19. The molecular formula is C22H21NO2S. The fraction of sp³-hybridized carbons (Fsp3) is 0.136. The van der Waals surface area contributed by atoms with Crippen LogP contribution in [0, 0.1) is 0 Å². The van der Waals surface area contributed by atoms with Crippen LogP contribution in [0.5, 0.6) is 5.75 Å². The van der Waals surface area contributed by atoms with E-state index in [-0.39, 0.29) is 11.2 Å². The van der Waals surface area contributed by atoms with E-state index in [1.54, 1.807) is 18.9 Å². The molecule has 0 bridgehead atoms. The second-order valence-corrected chi connectivity index (χ2v) is 6.90. The zero-order valence-corrected chi connectivity index (χ0v) is 15.4. The largest absolute Gasteiger partial charge is 0.497 e. The monoisotopic (exact) mass is 363 g/mol. The molecule has 1 atom stereocenters. The summed E-state index contributed by atoms with van der Waals surface area (Å²) in [7, 11) is 1.61. The van der Waals surface area contributed by atoms with Crippen molar-refractivity contribution in [2.24, 2.45) is 0 Å². The molecule has 0 unspecified atom stereocenters. The van der Waals surface area contributed by atoms with E-state index in [9.17, 15) is 4.79 Å². The molecule has 132 valence electrons. The van der Waals surface area contributed by atoms with Crippen LogP contribution in [0.25, 0.3) is 0 Å². The van der Waals surface area contributed by atoms with E-state index >= 15 is 0 Å². The number of thioether (sulfide) groups is 1. The SMILES string of the molecule is COc1cccc(NC(=O)[C@@H](SCc2ccccc2)c2ccccc2)c1. The van der Waals surface area contributed by atoms with Crippen molar-refractivity contribution in [1.29, 1.82) is 0 Å². The Labute approximate surface area is 158 Å². The summed E-state index contributed by atoms with van der Waals surface area (Å²) in [5, 5.41) is 2.72. The number of benzene rings is 3. The van der Waals surface area contributed by atoms with E-state index < -0.39 is 0 Å². The van der Waals surface area contributed by atoms with Crippen LogP contribution < -0.4 is 10.1 Å². The van der Waals surface area contributed by atoms with Gasteiger partial charge in [-0.3, -0.25) is 4.79 Å². The van der Waals surface area contributed by atoms with E-state index in [0.29, 0.717) is 0 Å². The third kappa shape index (κ3) is 4.90. The highest BCUT2D eigenvalue weighted by Gasteiger charge is 2.21. The lowest BCUT2D eigenvalue weighted by Gasteiger charge is -2.17. The number of hydrogen-bond donors (Lipinski definition) is 1. The molecule has 0 saturated carbocycles. The number of rotatable bonds is 7. The number of amides is 1. The first-order valence-corrected chi connectivity index (χ1v) is 9.46. The summed E-state index contributed by atoms with van der Waals surface area (Å²) in [5.41, 5.74) is 2.93. The van der Waals surface area contributed by atoms with Crippen LogP contribution in [-0.4, -0.2) is 13.0 Å². The summed E-state index contributed by atoms with van der Waals surface area (Å²) in [5.74, 6) is 1.45. The summed E-state index contributed by atoms with van der Waals surface area (Å²) >= 11 is 1.62. The Morgan fingerprint density at radius 3 is 2.35 bits per heavy atom. The van der Waals surface area contributed by atoms with Crippen molar-refractivity contribution in [1.82, 2.24) is 0 Å². The lowest BCUT2D eigenvalue weighted by molar-refractivity contribution is -0.115. The number of carbonyl (C=O) groups excluding carboxylic acids is 1. The maximum absolute atomic E-state index is 13.0. The number of hydrogen-bond acceptors (Lipinski definition) is 3. The average molecular weight is 363 g/mol. The minimum Gasteiger partial charge on any atom is -0.497 e. The molecule has 1 N–H and O–H groups in total. The standard InChI is InChI=1S/C22H21NO2S/c1-25-20-14-8-13-19(15-20)23-22(24)21(18-11-6-3-7-12-18)26-16-17-9-4-2-5-10-17/h2-15,21H,16H2,1H3,(H,23,24)/t21-/m0/s1. The quantitative estimate of drug-likeness (QED) is 0.618. The van der Waals surface area contributed by atoms with E-state index in [4.69, 9.17) is 4.74 Å². The van der Waals surface area contributed by atoms with Gasteiger partial charge in [-0.15, -0.1) is 11.8 Å². The first-order chi connectivity index (χ1) is 12.8. The van der Waals surface area contributed by atoms with Crippen molar-refractivity contribution in [2.45, 2.75) is 11.0 Å². The van der Waals surface area contributed by atoms with Gasteiger partial charge in [0, 0.05) is 17.5 Å². The Bertz CT molecular complexity index is 837. The fourth-order valence-corrected chi connectivity index (χ4v) is 3.72. The van der Waals surface area contributed by atoms with Crippen molar-refractivity contribution in [3.8, 4) is 5.75 Å². The van der Waals surface area contributed by atoms with Crippen molar-refractivity contribution in [3.05, 3.63) is 96.1 Å². The number of ether oxygens (including phenoxy) is 1. The summed E-state index contributed by atoms with van der Waals surface area (Å²) in [6, 6.07) is 27.5. The van der Waals surface area contributed by atoms with Crippen LogP contribution >= 0.6 is 11.8 Å². The molecule has 0 fully saturated rings. The Morgan fingerprint density at radius 1 is 0.962 bits per heavy atom. The first-order valence-electron chi connectivity index (χ1n) is 8.41. The van der Waals surface area contributed by atoms with Crippen LogP contribution in [0.2, 0.25) is 0 Å². The third-order valence-electron chi connectivity index (χ3n) is 3.94. The molecule has 0 heterocycles. The molecule has 0 radical (unpaired) electrons. The lowest BCUT2D eigenvalue weighted by atomic mass is 10.1. The number of methoxy groups -OCH3 is 1. The molecule has 0 aliphatic carbocycles. The highest BCUT2D eigenvalue weighted by atomic mass is 32.2. The van der Waals surface area contributed by atoms with Crippen molar-refractivity contribution < 1.29 is 9.53 Å². The highest BCUT2D eigenvalue weighted by molar-refractivity contribution is 7.99. The topological polar surface area (TPSA) is 38.3 Å². The molecule has 3 aromatic rings. The zero-order chi connectivity index (χ0) is 18.2. The minimum absolute atomic E-state index is 0.0367. The average Bonchev–Trinajstić information content (AvgIpc) is 2.70. The van der Waals surface area contributed by atoms with Gasteiger partial charge in [-0.1, -0.05) is 66.7 Å². The van der Waals surface area contributed by atoms with Crippen molar-refractivity contribution in [3.63, 3.8) is 0 Å². The molecular weight excluding hydrogens is 342 g/mol. The van der Waals surface area contributed by atoms with Gasteiger partial charge >= 0.3 is 0 Å². The zero-order valence-electron chi connectivity index (χ0n) is 14.6. The minimum atomic E-state index is -0.289. The third-order valence-corrected chi connectivity index (χ3v) is 5.26. The van der Waals surface area contributed by atoms with Crippen LogP contribution in [0.15, 0.2) is 84.9 Å². The molecule has 0 spiro atoms.